The van der Waals surface area contributed by atoms with Crippen molar-refractivity contribution in [3.63, 3.8) is 0 Å². The summed E-state index contributed by atoms with van der Waals surface area (Å²) in [5.74, 6) is 0.351. The highest BCUT2D eigenvalue weighted by molar-refractivity contribution is 5.69. The number of carboxylic acid groups (broad SMARTS) is 1. The zero-order valence-electron chi connectivity index (χ0n) is 10.4. The summed E-state index contributed by atoms with van der Waals surface area (Å²) >= 11 is 0. The van der Waals surface area contributed by atoms with E-state index < -0.39 is 5.97 Å². The highest BCUT2D eigenvalue weighted by Crippen LogP contribution is 2.32. The van der Waals surface area contributed by atoms with Gasteiger partial charge in [0.1, 0.15) is 17.9 Å². The molecule has 2 aromatic rings. The molecule has 0 spiro atoms. The van der Waals surface area contributed by atoms with Crippen LogP contribution >= 0.6 is 0 Å². The van der Waals surface area contributed by atoms with Crippen LogP contribution in [0.4, 0.5) is 0 Å². The Morgan fingerprint density at radius 1 is 1.32 bits per heavy atom. The van der Waals surface area contributed by atoms with Crippen molar-refractivity contribution in [2.75, 3.05) is 14.2 Å². The molecule has 7 nitrogen and oxygen atoms in total. The third-order valence-electron chi connectivity index (χ3n) is 2.41. The standard InChI is InChI=1S/C12H12N2O5/c1-17-7-3-4-8(9(5-7)18-2)12-14-13-10(19-12)6-11(15)16/h3-5H,6H2,1-2H3,(H,15,16). The number of aromatic nitrogens is 2. The molecule has 0 radical (unpaired) electrons. The maximum Gasteiger partial charge on any atom is 0.312 e. The van der Waals surface area contributed by atoms with Crippen LogP contribution < -0.4 is 9.47 Å². The highest BCUT2D eigenvalue weighted by atomic mass is 16.5. The van der Waals surface area contributed by atoms with E-state index in [4.69, 9.17) is 19.0 Å². The SMILES string of the molecule is COc1ccc(-c2nnc(CC(=O)O)o2)c(OC)c1. The molecule has 0 aliphatic carbocycles. The average Bonchev–Trinajstić information content (AvgIpc) is 2.85. The first-order chi connectivity index (χ1) is 9.13. The summed E-state index contributed by atoms with van der Waals surface area (Å²) in [6.45, 7) is 0. The largest absolute Gasteiger partial charge is 0.497 e. The first kappa shape index (κ1) is 12.9. The van der Waals surface area contributed by atoms with Crippen molar-refractivity contribution in [2.24, 2.45) is 0 Å². The van der Waals surface area contributed by atoms with Crippen LogP contribution in [-0.2, 0) is 11.2 Å². The summed E-state index contributed by atoms with van der Waals surface area (Å²) in [5, 5.41) is 16.1. The molecule has 0 atom stereocenters. The van der Waals surface area contributed by atoms with E-state index in [1.807, 2.05) is 0 Å². The molecule has 100 valence electrons. The molecule has 0 saturated carbocycles. The third-order valence-corrected chi connectivity index (χ3v) is 2.41. The van der Waals surface area contributed by atoms with Crippen molar-refractivity contribution in [3.8, 4) is 23.0 Å². The maximum atomic E-state index is 10.6. The molecule has 0 amide bonds. The van der Waals surface area contributed by atoms with E-state index in [9.17, 15) is 4.79 Å². The van der Waals surface area contributed by atoms with E-state index in [-0.39, 0.29) is 18.2 Å². The first-order valence-electron chi connectivity index (χ1n) is 5.40. The van der Waals surface area contributed by atoms with Crippen molar-refractivity contribution in [1.82, 2.24) is 10.2 Å². The summed E-state index contributed by atoms with van der Waals surface area (Å²) < 4.78 is 15.6. The lowest BCUT2D eigenvalue weighted by Crippen LogP contribution is -1.99. The average molecular weight is 264 g/mol. The molecule has 0 bridgehead atoms. The molecular formula is C12H12N2O5. The second kappa shape index (κ2) is 5.38. The summed E-state index contributed by atoms with van der Waals surface area (Å²) in [6, 6.07) is 5.10. The van der Waals surface area contributed by atoms with E-state index >= 15 is 0 Å². The molecule has 0 saturated heterocycles. The van der Waals surface area contributed by atoms with Gasteiger partial charge in [0.05, 0.1) is 19.8 Å². The number of nitrogens with zero attached hydrogens (tertiary/aromatic N) is 2. The molecule has 1 heterocycles. The lowest BCUT2D eigenvalue weighted by atomic mass is 10.2. The van der Waals surface area contributed by atoms with Gasteiger partial charge in [-0.3, -0.25) is 4.79 Å². The lowest BCUT2D eigenvalue weighted by molar-refractivity contribution is -0.136. The van der Waals surface area contributed by atoms with Crippen LogP contribution in [-0.4, -0.2) is 35.5 Å². The van der Waals surface area contributed by atoms with Crippen LogP contribution in [0.2, 0.25) is 0 Å². The van der Waals surface area contributed by atoms with Gasteiger partial charge in [0, 0.05) is 6.07 Å². The number of aliphatic carboxylic acids is 1. The van der Waals surface area contributed by atoms with Gasteiger partial charge in [-0.15, -0.1) is 10.2 Å². The van der Waals surface area contributed by atoms with Gasteiger partial charge in [-0.2, -0.15) is 0 Å². The van der Waals surface area contributed by atoms with Gasteiger partial charge in [-0.25, -0.2) is 0 Å². The smallest absolute Gasteiger partial charge is 0.312 e. The number of benzene rings is 1. The Bertz CT molecular complexity index is 594. The molecular weight excluding hydrogens is 252 g/mol. The molecule has 0 aliphatic heterocycles. The van der Waals surface area contributed by atoms with E-state index in [0.717, 1.165) is 0 Å². The Hall–Kier alpha value is -2.57. The van der Waals surface area contributed by atoms with Crippen molar-refractivity contribution < 1.29 is 23.8 Å². The van der Waals surface area contributed by atoms with Crippen molar-refractivity contribution in [3.05, 3.63) is 24.1 Å². The second-order valence-electron chi connectivity index (χ2n) is 3.64. The second-order valence-corrected chi connectivity index (χ2v) is 3.64. The minimum atomic E-state index is -1.03. The van der Waals surface area contributed by atoms with Crippen LogP contribution in [0.15, 0.2) is 22.6 Å². The number of rotatable bonds is 5. The van der Waals surface area contributed by atoms with Gasteiger partial charge in [-0.05, 0) is 12.1 Å². The molecule has 2 rings (SSSR count). The molecule has 0 aliphatic rings. The fourth-order valence-corrected chi connectivity index (χ4v) is 1.54. The number of hydrogen-bond acceptors (Lipinski definition) is 6. The molecule has 0 fully saturated rings. The Morgan fingerprint density at radius 3 is 2.74 bits per heavy atom. The van der Waals surface area contributed by atoms with E-state index in [2.05, 4.69) is 10.2 Å². The minimum Gasteiger partial charge on any atom is -0.497 e. The highest BCUT2D eigenvalue weighted by Gasteiger charge is 2.15. The minimum absolute atomic E-state index is 0.0420. The Morgan fingerprint density at radius 2 is 2.11 bits per heavy atom. The Balaban J connectivity index is 2.35. The van der Waals surface area contributed by atoms with Gasteiger partial charge in [-0.1, -0.05) is 0 Å². The monoisotopic (exact) mass is 264 g/mol. The van der Waals surface area contributed by atoms with Crippen molar-refractivity contribution in [2.45, 2.75) is 6.42 Å². The maximum absolute atomic E-state index is 10.6. The summed E-state index contributed by atoms with van der Waals surface area (Å²) in [4.78, 5) is 10.6. The van der Waals surface area contributed by atoms with Crippen molar-refractivity contribution in [1.29, 1.82) is 0 Å². The molecule has 7 heteroatoms. The van der Waals surface area contributed by atoms with Crippen LogP contribution in [0.25, 0.3) is 11.5 Å². The molecule has 1 aromatic carbocycles. The normalized spacial score (nSPS) is 10.2. The summed E-state index contributed by atoms with van der Waals surface area (Å²) in [5.41, 5.74) is 0.576. The molecule has 19 heavy (non-hydrogen) atoms. The van der Waals surface area contributed by atoms with Gasteiger partial charge in [0.2, 0.25) is 5.89 Å². The zero-order chi connectivity index (χ0) is 13.8. The predicted octanol–water partition coefficient (Wildman–Crippen LogP) is 1.38. The predicted molar refractivity (Wildman–Crippen MR) is 64.2 cm³/mol. The van der Waals surface area contributed by atoms with Gasteiger partial charge >= 0.3 is 5.97 Å². The van der Waals surface area contributed by atoms with Gasteiger partial charge < -0.3 is 19.0 Å². The van der Waals surface area contributed by atoms with Gasteiger partial charge in [0.15, 0.2) is 0 Å². The third kappa shape index (κ3) is 2.82. The van der Waals surface area contributed by atoms with E-state index in [1.165, 1.54) is 7.11 Å². The molecule has 1 aromatic heterocycles. The van der Waals surface area contributed by atoms with Crippen LogP contribution in [0.1, 0.15) is 5.89 Å². The Labute approximate surface area is 108 Å². The number of ether oxygens (including phenoxy) is 2. The van der Waals surface area contributed by atoms with E-state index in [0.29, 0.717) is 17.1 Å². The zero-order valence-corrected chi connectivity index (χ0v) is 10.4. The van der Waals surface area contributed by atoms with Crippen LogP contribution in [0, 0.1) is 0 Å². The summed E-state index contributed by atoms with van der Waals surface area (Å²) in [6.07, 6.45) is -0.314. The number of methoxy groups -OCH3 is 2. The van der Waals surface area contributed by atoms with E-state index in [1.54, 1.807) is 25.3 Å². The quantitative estimate of drug-likeness (QED) is 0.871. The topological polar surface area (TPSA) is 94.7 Å². The van der Waals surface area contributed by atoms with Crippen LogP contribution in [0.5, 0.6) is 11.5 Å². The first-order valence-corrected chi connectivity index (χ1v) is 5.40. The number of carboxylic acids is 1. The van der Waals surface area contributed by atoms with Crippen LogP contribution in [0.3, 0.4) is 0 Å². The fraction of sp³-hybridized carbons (Fsp3) is 0.250. The van der Waals surface area contributed by atoms with Gasteiger partial charge in [0.25, 0.3) is 5.89 Å². The number of carbonyl (C=O) groups is 1. The van der Waals surface area contributed by atoms with Crippen molar-refractivity contribution >= 4 is 5.97 Å². The Kier molecular flexibility index (Phi) is 3.65. The lowest BCUT2D eigenvalue weighted by Gasteiger charge is -2.07. The molecule has 1 N–H and O–H groups in total. The fourth-order valence-electron chi connectivity index (χ4n) is 1.54. The molecule has 0 unspecified atom stereocenters. The summed E-state index contributed by atoms with van der Waals surface area (Å²) in [7, 11) is 3.05. The number of hydrogen-bond donors (Lipinski definition) is 1.